The zero-order chi connectivity index (χ0) is 21.9. The molecule has 0 spiro atoms. The van der Waals surface area contributed by atoms with Crippen LogP contribution in [0.1, 0.15) is 12.0 Å². The Kier molecular flexibility index (Phi) is 5.99. The third kappa shape index (κ3) is 4.58. The maximum Gasteiger partial charge on any atom is 0.148 e. The van der Waals surface area contributed by atoms with Crippen molar-refractivity contribution < 1.29 is 4.39 Å². The second kappa shape index (κ2) is 9.21. The number of nitriles is 1. The molecule has 0 bridgehead atoms. The summed E-state index contributed by atoms with van der Waals surface area (Å²) in [6.45, 7) is 5.99. The Hall–Kier alpha value is -3.05. The quantitative estimate of drug-likeness (QED) is 0.447. The molecule has 0 aliphatic carbocycles. The Bertz CT molecular complexity index is 1250. The van der Waals surface area contributed by atoms with E-state index in [4.69, 9.17) is 5.26 Å². The fraction of sp³-hybridized carbons (Fsp3) is 0.280. The number of halogens is 1. The normalized spacial score (nSPS) is 15.2. The predicted octanol–water partition coefficient (Wildman–Crippen LogP) is 5.13. The van der Waals surface area contributed by atoms with E-state index in [1.807, 2.05) is 0 Å². The van der Waals surface area contributed by atoms with Crippen molar-refractivity contribution in [3.8, 4) is 27.2 Å². The summed E-state index contributed by atoms with van der Waals surface area (Å²) in [5, 5.41) is 8.74. The van der Waals surface area contributed by atoms with Crippen molar-refractivity contribution in [3.05, 3.63) is 66.0 Å². The summed E-state index contributed by atoms with van der Waals surface area (Å²) >= 11 is 1.68. The van der Waals surface area contributed by atoms with E-state index in [2.05, 4.69) is 62.2 Å². The molecule has 7 heteroatoms. The number of hydrogen-bond acceptors (Lipinski definition) is 5. The zero-order valence-corrected chi connectivity index (χ0v) is 18.5. The van der Waals surface area contributed by atoms with E-state index in [0.29, 0.717) is 11.9 Å². The lowest BCUT2D eigenvalue weighted by molar-refractivity contribution is 0.129. The minimum Gasteiger partial charge on any atom is -0.337 e. The van der Waals surface area contributed by atoms with Gasteiger partial charge in [-0.2, -0.15) is 5.26 Å². The minimum absolute atomic E-state index is 0.263. The average Bonchev–Trinajstić information content (AvgIpc) is 3.46. The fourth-order valence-corrected chi connectivity index (χ4v) is 5.09. The Morgan fingerprint density at radius 3 is 2.50 bits per heavy atom. The van der Waals surface area contributed by atoms with Gasteiger partial charge in [-0.05, 0) is 41.5 Å². The second-order valence-corrected chi connectivity index (χ2v) is 9.22. The van der Waals surface area contributed by atoms with Gasteiger partial charge in [-0.15, -0.1) is 11.3 Å². The van der Waals surface area contributed by atoms with E-state index in [9.17, 15) is 4.39 Å². The molecule has 5 nitrogen and oxygen atoms in total. The lowest BCUT2D eigenvalue weighted by atomic mass is 10.1. The van der Waals surface area contributed by atoms with Gasteiger partial charge in [0, 0.05) is 50.6 Å². The minimum atomic E-state index is -0.263. The first-order chi connectivity index (χ1) is 15.7. The standard InChI is InChI=1S/C25H24FN5S/c26-20-6-7-21-22(16-20)29-25(28-21)24-9-8-23(32-24)19-4-2-18(3-5-19)17-31-14-12-30(13-15-31)11-1-10-27/h2-9,16H,1,11-15,17H2,(H,28,29). The van der Waals surface area contributed by atoms with Crippen molar-refractivity contribution in [2.45, 2.75) is 13.0 Å². The molecule has 32 heavy (non-hydrogen) atoms. The highest BCUT2D eigenvalue weighted by Crippen LogP contribution is 2.34. The maximum atomic E-state index is 13.5. The van der Waals surface area contributed by atoms with Crippen LogP contribution in [0.4, 0.5) is 4.39 Å². The van der Waals surface area contributed by atoms with Crippen LogP contribution in [0.25, 0.3) is 32.2 Å². The molecule has 2 aromatic heterocycles. The third-order valence-electron chi connectivity index (χ3n) is 5.93. The molecule has 2 aromatic carbocycles. The van der Waals surface area contributed by atoms with Crippen LogP contribution >= 0.6 is 11.3 Å². The van der Waals surface area contributed by atoms with Gasteiger partial charge in [0.1, 0.15) is 11.6 Å². The van der Waals surface area contributed by atoms with Crippen molar-refractivity contribution in [3.63, 3.8) is 0 Å². The summed E-state index contributed by atoms with van der Waals surface area (Å²) in [5.74, 6) is 0.507. The van der Waals surface area contributed by atoms with E-state index in [-0.39, 0.29) is 5.82 Å². The number of nitrogens with zero attached hydrogens (tertiary/aromatic N) is 4. The summed E-state index contributed by atoms with van der Waals surface area (Å²) in [6, 6.07) is 19.8. The van der Waals surface area contributed by atoms with Crippen LogP contribution < -0.4 is 0 Å². The first-order valence-corrected chi connectivity index (χ1v) is 11.7. The second-order valence-electron chi connectivity index (χ2n) is 8.13. The van der Waals surface area contributed by atoms with Crippen molar-refractivity contribution in [1.82, 2.24) is 19.8 Å². The van der Waals surface area contributed by atoms with Crippen molar-refractivity contribution in [1.29, 1.82) is 5.26 Å². The van der Waals surface area contributed by atoms with Crippen molar-refractivity contribution in [2.24, 2.45) is 0 Å². The highest BCUT2D eigenvalue weighted by Gasteiger charge is 2.16. The fourth-order valence-electron chi connectivity index (χ4n) is 4.13. The summed E-state index contributed by atoms with van der Waals surface area (Å²) in [7, 11) is 0. The molecule has 0 amide bonds. The number of benzene rings is 2. The molecule has 1 aliphatic heterocycles. The Morgan fingerprint density at radius 2 is 1.72 bits per heavy atom. The van der Waals surface area contributed by atoms with E-state index in [0.717, 1.165) is 55.5 Å². The first-order valence-electron chi connectivity index (χ1n) is 10.8. The number of fused-ring (bicyclic) bond motifs is 1. The molecule has 4 aromatic rings. The Balaban J connectivity index is 1.23. The lowest BCUT2D eigenvalue weighted by Gasteiger charge is -2.34. The number of aromatic amines is 1. The average molecular weight is 446 g/mol. The highest BCUT2D eigenvalue weighted by molar-refractivity contribution is 7.18. The van der Waals surface area contributed by atoms with Crippen LogP contribution in [0.3, 0.4) is 0 Å². The van der Waals surface area contributed by atoms with Gasteiger partial charge in [0.25, 0.3) is 0 Å². The van der Waals surface area contributed by atoms with E-state index >= 15 is 0 Å². The molecule has 0 radical (unpaired) electrons. The number of imidazole rings is 1. The van der Waals surface area contributed by atoms with Crippen LogP contribution in [-0.4, -0.2) is 52.5 Å². The Morgan fingerprint density at radius 1 is 0.969 bits per heavy atom. The van der Waals surface area contributed by atoms with E-state index in [1.165, 1.54) is 28.1 Å². The molecule has 5 rings (SSSR count). The molecule has 0 saturated carbocycles. The SMILES string of the molecule is N#CCCN1CCN(Cc2ccc(-c3ccc(-c4nc5ccc(F)cc5[nH]4)s3)cc2)CC1. The van der Waals surface area contributed by atoms with Gasteiger partial charge in [0.15, 0.2) is 0 Å². The van der Waals surface area contributed by atoms with E-state index in [1.54, 1.807) is 17.4 Å². The third-order valence-corrected chi connectivity index (χ3v) is 7.07. The monoisotopic (exact) mass is 445 g/mol. The van der Waals surface area contributed by atoms with Gasteiger partial charge in [-0.1, -0.05) is 24.3 Å². The van der Waals surface area contributed by atoms with Crippen molar-refractivity contribution >= 4 is 22.4 Å². The molecule has 1 fully saturated rings. The summed E-state index contributed by atoms with van der Waals surface area (Å²) in [4.78, 5) is 14.9. The maximum absolute atomic E-state index is 13.5. The van der Waals surface area contributed by atoms with Gasteiger partial charge >= 0.3 is 0 Å². The largest absolute Gasteiger partial charge is 0.337 e. The van der Waals surface area contributed by atoms with Gasteiger partial charge in [0.05, 0.1) is 22.0 Å². The Labute approximate surface area is 190 Å². The number of piperazine rings is 1. The number of hydrogen-bond donors (Lipinski definition) is 1. The van der Waals surface area contributed by atoms with Crippen LogP contribution in [0.15, 0.2) is 54.6 Å². The molecule has 3 heterocycles. The summed E-state index contributed by atoms with van der Waals surface area (Å²) in [6.07, 6.45) is 0.612. The summed E-state index contributed by atoms with van der Waals surface area (Å²) < 4.78 is 13.5. The smallest absolute Gasteiger partial charge is 0.148 e. The van der Waals surface area contributed by atoms with Gasteiger partial charge in [-0.3, -0.25) is 9.80 Å². The molecular formula is C25H24FN5S. The van der Waals surface area contributed by atoms with Crippen LogP contribution in [-0.2, 0) is 6.54 Å². The molecule has 162 valence electrons. The predicted molar refractivity (Wildman–Crippen MR) is 127 cm³/mol. The van der Waals surface area contributed by atoms with Crippen molar-refractivity contribution in [2.75, 3.05) is 32.7 Å². The number of thiophene rings is 1. The lowest BCUT2D eigenvalue weighted by Crippen LogP contribution is -2.46. The number of H-pyrrole nitrogens is 1. The van der Waals surface area contributed by atoms with Crippen LogP contribution in [0, 0.1) is 17.1 Å². The number of nitrogens with one attached hydrogen (secondary N) is 1. The van der Waals surface area contributed by atoms with Gasteiger partial charge < -0.3 is 4.98 Å². The number of rotatable bonds is 6. The van der Waals surface area contributed by atoms with E-state index < -0.39 is 0 Å². The molecule has 1 saturated heterocycles. The van der Waals surface area contributed by atoms with Gasteiger partial charge in [-0.25, -0.2) is 9.37 Å². The zero-order valence-electron chi connectivity index (χ0n) is 17.7. The highest BCUT2D eigenvalue weighted by atomic mass is 32.1. The van der Waals surface area contributed by atoms with Crippen LogP contribution in [0.5, 0.6) is 0 Å². The number of aromatic nitrogens is 2. The molecule has 1 aliphatic rings. The molecule has 0 unspecified atom stereocenters. The molecule has 0 atom stereocenters. The van der Waals surface area contributed by atoms with Crippen LogP contribution in [0.2, 0.25) is 0 Å². The topological polar surface area (TPSA) is 59.0 Å². The molecule has 1 N–H and O–H groups in total. The van der Waals surface area contributed by atoms with Gasteiger partial charge in [0.2, 0.25) is 0 Å². The first kappa shape index (κ1) is 20.8. The molecular weight excluding hydrogens is 421 g/mol. The summed E-state index contributed by atoms with van der Waals surface area (Å²) in [5.41, 5.74) is 3.99.